The standard InChI is InChI=1S/C32H43F2NO4/c1-27(2)10-12-32(26(38)39-7)13-11-30(5)23(19(32)16-27)20(36)14-22-28(3)15-18(17-35)24(37)31(6,25(33)34)21(28)8-9-29(22,30)4/h14-15,19,21,23-25,37H,8-13,16H2,1-7H3/t19?,21-,23?,24?,28+,29-,30-,31+,32+/m1/s1. The molecule has 0 aromatic heterocycles. The number of rotatable bonds is 2. The van der Waals surface area contributed by atoms with E-state index in [2.05, 4.69) is 27.7 Å². The number of methoxy groups -OCH3 is 1. The minimum absolute atomic E-state index is 0.0156. The van der Waals surface area contributed by atoms with Crippen molar-refractivity contribution in [2.75, 3.05) is 7.11 Å². The second-order valence-electron chi connectivity index (χ2n) is 15.0. The fourth-order valence-electron chi connectivity index (χ4n) is 10.4. The van der Waals surface area contributed by atoms with Crippen LogP contribution in [0.1, 0.15) is 86.5 Å². The maximum Gasteiger partial charge on any atom is 0.312 e. The third-order valence-electron chi connectivity index (χ3n) is 12.9. The van der Waals surface area contributed by atoms with Crippen LogP contribution in [0.2, 0.25) is 0 Å². The molecule has 214 valence electrons. The number of carbonyl (C=O) groups excluding carboxylic acids is 2. The van der Waals surface area contributed by atoms with Crippen molar-refractivity contribution in [1.29, 1.82) is 5.26 Å². The zero-order valence-corrected chi connectivity index (χ0v) is 24.4. The highest BCUT2D eigenvalue weighted by atomic mass is 19.3. The molecule has 5 aliphatic rings. The molecule has 0 spiro atoms. The van der Waals surface area contributed by atoms with Crippen LogP contribution in [0.25, 0.3) is 0 Å². The van der Waals surface area contributed by atoms with E-state index in [0.717, 1.165) is 18.4 Å². The number of aliphatic hydroxyl groups is 1. The Morgan fingerprint density at radius 1 is 1.10 bits per heavy atom. The van der Waals surface area contributed by atoms with E-state index >= 15 is 0 Å². The van der Waals surface area contributed by atoms with E-state index in [-0.39, 0.29) is 34.6 Å². The van der Waals surface area contributed by atoms with Crippen LogP contribution in [-0.2, 0) is 14.3 Å². The summed E-state index contributed by atoms with van der Waals surface area (Å²) in [4.78, 5) is 27.7. The second-order valence-corrected chi connectivity index (χ2v) is 15.0. The lowest BCUT2D eigenvalue weighted by Crippen LogP contribution is -2.66. The first-order valence-electron chi connectivity index (χ1n) is 14.4. The van der Waals surface area contributed by atoms with Gasteiger partial charge < -0.3 is 9.84 Å². The summed E-state index contributed by atoms with van der Waals surface area (Å²) in [7, 11) is 1.43. The van der Waals surface area contributed by atoms with Gasteiger partial charge in [0.15, 0.2) is 5.78 Å². The Hall–Kier alpha value is -2.07. The number of allylic oxidation sites excluding steroid dienone is 3. The summed E-state index contributed by atoms with van der Waals surface area (Å²) in [5, 5.41) is 20.8. The van der Waals surface area contributed by atoms with Crippen LogP contribution in [-0.4, -0.2) is 36.5 Å². The lowest BCUT2D eigenvalue weighted by Gasteiger charge is -2.69. The number of nitrogens with zero attached hydrogens (tertiary/aromatic N) is 1. The van der Waals surface area contributed by atoms with E-state index in [1.54, 1.807) is 12.2 Å². The fraction of sp³-hybridized carbons (Fsp3) is 0.781. The first-order valence-corrected chi connectivity index (χ1v) is 14.4. The summed E-state index contributed by atoms with van der Waals surface area (Å²) in [5.41, 5.74) is -3.72. The van der Waals surface area contributed by atoms with Crippen LogP contribution in [0.3, 0.4) is 0 Å². The molecule has 0 bridgehead atoms. The summed E-state index contributed by atoms with van der Waals surface area (Å²) < 4.78 is 34.8. The van der Waals surface area contributed by atoms with Crippen LogP contribution in [0, 0.1) is 61.6 Å². The van der Waals surface area contributed by atoms with Gasteiger partial charge in [0.2, 0.25) is 6.43 Å². The highest BCUT2D eigenvalue weighted by Crippen LogP contribution is 2.75. The molecule has 0 saturated heterocycles. The first kappa shape index (κ1) is 28.5. The Morgan fingerprint density at radius 2 is 1.74 bits per heavy atom. The number of alkyl halides is 2. The summed E-state index contributed by atoms with van der Waals surface area (Å²) in [6.45, 7) is 12.0. The van der Waals surface area contributed by atoms with Crippen LogP contribution < -0.4 is 0 Å². The number of hydrogen-bond donors (Lipinski definition) is 1. The van der Waals surface area contributed by atoms with Crippen molar-refractivity contribution in [2.24, 2.45) is 50.2 Å². The van der Waals surface area contributed by atoms with Crippen molar-refractivity contribution in [3.8, 4) is 6.07 Å². The topological polar surface area (TPSA) is 87.4 Å². The molecule has 5 aliphatic carbocycles. The molecule has 9 atom stereocenters. The summed E-state index contributed by atoms with van der Waals surface area (Å²) in [6.07, 6.45) is 3.67. The maximum atomic E-state index is 14.7. The molecule has 3 saturated carbocycles. The van der Waals surface area contributed by atoms with E-state index in [4.69, 9.17) is 4.74 Å². The smallest absolute Gasteiger partial charge is 0.312 e. The number of aliphatic hydroxyl groups excluding tert-OH is 1. The SMILES string of the molecule is COC(=O)[C@]12CCC(C)(C)CC1C1C(=O)C=C3[C@@]4(C)C=C(C#N)C(O)[C@@](C)(C(F)F)[C@@H]4CC[C@@]3(C)[C@]1(C)CC2. The predicted molar refractivity (Wildman–Crippen MR) is 142 cm³/mol. The summed E-state index contributed by atoms with van der Waals surface area (Å²) in [6, 6.07) is 1.99. The molecule has 3 fully saturated rings. The van der Waals surface area contributed by atoms with Gasteiger partial charge in [0, 0.05) is 11.3 Å². The van der Waals surface area contributed by atoms with Gasteiger partial charge in [-0.25, -0.2) is 8.78 Å². The maximum absolute atomic E-state index is 14.7. The molecule has 0 aliphatic heterocycles. The van der Waals surface area contributed by atoms with E-state index in [1.807, 2.05) is 13.0 Å². The molecule has 0 aromatic rings. The van der Waals surface area contributed by atoms with Gasteiger partial charge in [-0.3, -0.25) is 9.59 Å². The lowest BCUT2D eigenvalue weighted by molar-refractivity contribution is -0.195. The van der Waals surface area contributed by atoms with Gasteiger partial charge in [0.25, 0.3) is 0 Å². The average Bonchev–Trinajstić information content (AvgIpc) is 2.86. The lowest BCUT2D eigenvalue weighted by atomic mass is 9.34. The number of hydrogen-bond acceptors (Lipinski definition) is 5. The summed E-state index contributed by atoms with van der Waals surface area (Å²) >= 11 is 0. The number of halogens is 2. The molecule has 39 heavy (non-hydrogen) atoms. The number of ketones is 1. The normalized spacial score (nSPS) is 48.4. The van der Waals surface area contributed by atoms with Crippen molar-refractivity contribution >= 4 is 11.8 Å². The highest BCUT2D eigenvalue weighted by molar-refractivity contribution is 5.96. The Balaban J connectivity index is 1.71. The fourth-order valence-corrected chi connectivity index (χ4v) is 10.4. The number of carbonyl (C=O) groups is 2. The third-order valence-corrected chi connectivity index (χ3v) is 12.9. The molecule has 0 radical (unpaired) electrons. The van der Waals surface area contributed by atoms with Gasteiger partial charge in [-0.1, -0.05) is 53.2 Å². The number of fused-ring (bicyclic) bond motifs is 7. The number of esters is 1. The van der Waals surface area contributed by atoms with Crippen LogP contribution in [0.15, 0.2) is 23.3 Å². The first-order chi connectivity index (χ1) is 18.0. The van der Waals surface area contributed by atoms with Gasteiger partial charge in [0.1, 0.15) is 0 Å². The highest BCUT2D eigenvalue weighted by Gasteiger charge is 2.72. The molecule has 5 nitrogen and oxygen atoms in total. The minimum atomic E-state index is -2.83. The van der Waals surface area contributed by atoms with Crippen LogP contribution >= 0.6 is 0 Å². The van der Waals surface area contributed by atoms with Crippen molar-refractivity contribution in [1.82, 2.24) is 0 Å². The second kappa shape index (κ2) is 8.47. The number of ether oxygens (including phenoxy) is 1. The Kier molecular flexibility index (Phi) is 6.18. The van der Waals surface area contributed by atoms with Crippen LogP contribution in [0.5, 0.6) is 0 Å². The quantitative estimate of drug-likeness (QED) is 0.406. The molecule has 3 unspecified atom stereocenters. The van der Waals surface area contributed by atoms with E-state index in [1.165, 1.54) is 14.0 Å². The zero-order valence-electron chi connectivity index (χ0n) is 24.4. The molecule has 5 rings (SSSR count). The van der Waals surface area contributed by atoms with Gasteiger partial charge in [0.05, 0.1) is 35.7 Å². The van der Waals surface area contributed by atoms with E-state index < -0.39 is 45.5 Å². The molecule has 0 aromatic carbocycles. The van der Waals surface area contributed by atoms with Gasteiger partial charge in [-0.05, 0) is 79.1 Å². The molecule has 0 amide bonds. The van der Waals surface area contributed by atoms with Crippen molar-refractivity contribution in [3.63, 3.8) is 0 Å². The molecule has 0 heterocycles. The predicted octanol–water partition coefficient (Wildman–Crippen LogP) is 6.42. The van der Waals surface area contributed by atoms with E-state index in [9.17, 15) is 28.7 Å². The Morgan fingerprint density at radius 3 is 2.33 bits per heavy atom. The van der Waals surface area contributed by atoms with Gasteiger partial charge in [-0.15, -0.1) is 0 Å². The molecule has 1 N–H and O–H groups in total. The van der Waals surface area contributed by atoms with Gasteiger partial charge >= 0.3 is 5.97 Å². The van der Waals surface area contributed by atoms with Crippen LogP contribution in [0.4, 0.5) is 8.78 Å². The number of nitriles is 1. The van der Waals surface area contributed by atoms with Gasteiger partial charge in [-0.2, -0.15) is 5.26 Å². The Labute approximate surface area is 231 Å². The summed E-state index contributed by atoms with van der Waals surface area (Å²) in [5.74, 6) is -1.43. The largest absolute Gasteiger partial charge is 0.469 e. The van der Waals surface area contributed by atoms with Crippen molar-refractivity contribution in [2.45, 2.75) is 99.0 Å². The molecular formula is C32H43F2NO4. The Bertz CT molecular complexity index is 1220. The van der Waals surface area contributed by atoms with E-state index in [0.29, 0.717) is 32.1 Å². The minimum Gasteiger partial charge on any atom is -0.469 e. The molecular weight excluding hydrogens is 500 g/mol. The van der Waals surface area contributed by atoms with Crippen molar-refractivity contribution < 1.29 is 28.2 Å². The zero-order chi connectivity index (χ0) is 29.0. The monoisotopic (exact) mass is 543 g/mol. The van der Waals surface area contributed by atoms with Crippen molar-refractivity contribution in [3.05, 3.63) is 23.3 Å². The average molecular weight is 544 g/mol. The third kappa shape index (κ3) is 3.36. The molecule has 7 heteroatoms.